The fourth-order valence-electron chi connectivity index (χ4n) is 4.60. The molecule has 7 nitrogen and oxygen atoms in total. The van der Waals surface area contributed by atoms with E-state index in [1.807, 2.05) is 58.9 Å². The van der Waals surface area contributed by atoms with Crippen LogP contribution in [-0.2, 0) is 23.9 Å². The Morgan fingerprint density at radius 2 is 1.91 bits per heavy atom. The van der Waals surface area contributed by atoms with Gasteiger partial charge in [0.15, 0.2) is 5.78 Å². The lowest BCUT2D eigenvalue weighted by Crippen LogP contribution is -2.43. The third-order valence-electron chi connectivity index (χ3n) is 6.38. The number of para-hydroxylation sites is 1. The highest BCUT2D eigenvalue weighted by Crippen LogP contribution is 2.47. The molecule has 0 amide bonds. The van der Waals surface area contributed by atoms with Crippen LogP contribution >= 0.6 is 0 Å². The Kier molecular flexibility index (Phi) is 7.61. The van der Waals surface area contributed by atoms with Crippen LogP contribution in [0.3, 0.4) is 0 Å². The number of rotatable bonds is 7. The third kappa shape index (κ3) is 4.68. The summed E-state index contributed by atoms with van der Waals surface area (Å²) in [5, 5.41) is 3.27. The van der Waals surface area contributed by atoms with Gasteiger partial charge in [-0.05, 0) is 45.6 Å². The molecule has 1 N–H and O–H groups in total. The molecule has 33 heavy (non-hydrogen) atoms. The Labute approximate surface area is 195 Å². The van der Waals surface area contributed by atoms with Crippen LogP contribution in [0.1, 0.15) is 58.9 Å². The van der Waals surface area contributed by atoms with E-state index >= 15 is 0 Å². The number of carbonyl (C=O) groups is 3. The minimum absolute atomic E-state index is 0.236. The average molecular weight is 456 g/mol. The zero-order valence-corrected chi connectivity index (χ0v) is 20.2. The van der Waals surface area contributed by atoms with E-state index in [4.69, 9.17) is 14.2 Å². The quantitative estimate of drug-likeness (QED) is 0.490. The van der Waals surface area contributed by atoms with E-state index in [0.717, 1.165) is 5.70 Å². The van der Waals surface area contributed by atoms with Crippen LogP contribution in [0.4, 0.5) is 0 Å². The molecule has 0 aromatic heterocycles. The first-order chi connectivity index (χ1) is 15.7. The Bertz CT molecular complexity index is 1010. The topological polar surface area (TPSA) is 90.9 Å². The van der Waals surface area contributed by atoms with Crippen molar-refractivity contribution in [3.63, 3.8) is 0 Å². The van der Waals surface area contributed by atoms with Crippen molar-refractivity contribution in [3.8, 4) is 5.75 Å². The first-order valence-electron chi connectivity index (χ1n) is 11.5. The van der Waals surface area contributed by atoms with E-state index in [-0.39, 0.29) is 17.8 Å². The summed E-state index contributed by atoms with van der Waals surface area (Å²) in [6, 6.07) is 7.37. The van der Waals surface area contributed by atoms with Gasteiger partial charge in [-0.2, -0.15) is 0 Å². The Balaban J connectivity index is 2.21. The van der Waals surface area contributed by atoms with Crippen molar-refractivity contribution >= 4 is 17.7 Å². The van der Waals surface area contributed by atoms with Gasteiger partial charge >= 0.3 is 11.9 Å². The first-order valence-corrected chi connectivity index (χ1v) is 11.5. The molecule has 1 aliphatic carbocycles. The number of carbonyl (C=O) groups excluding carboxylic acids is 3. The molecule has 0 radical (unpaired) electrons. The SMILES string of the molecule is CCOc1ccccc1[C@H]1C(C(=O)O[C@H](C)CC)=C(C)NC2=C1C(=O)[C@@H](C(=O)OC)[C@@H](C)C2. The fourth-order valence-corrected chi connectivity index (χ4v) is 4.60. The predicted molar refractivity (Wildman–Crippen MR) is 123 cm³/mol. The Morgan fingerprint density at radius 1 is 1.21 bits per heavy atom. The molecule has 1 heterocycles. The number of hydrogen-bond acceptors (Lipinski definition) is 7. The van der Waals surface area contributed by atoms with Crippen LogP contribution in [0, 0.1) is 11.8 Å². The number of nitrogens with one attached hydrogen (secondary N) is 1. The van der Waals surface area contributed by atoms with E-state index in [1.54, 1.807) is 0 Å². The largest absolute Gasteiger partial charge is 0.494 e. The second-order valence-electron chi connectivity index (χ2n) is 8.63. The van der Waals surface area contributed by atoms with Gasteiger partial charge < -0.3 is 19.5 Å². The summed E-state index contributed by atoms with van der Waals surface area (Å²) in [6.07, 6.45) is 0.875. The molecule has 0 unspecified atom stereocenters. The molecule has 1 aromatic carbocycles. The van der Waals surface area contributed by atoms with Crippen molar-refractivity contribution < 1.29 is 28.6 Å². The number of methoxy groups -OCH3 is 1. The highest BCUT2D eigenvalue weighted by Gasteiger charge is 2.47. The number of benzene rings is 1. The number of ketones is 1. The molecule has 2 aliphatic rings. The molecule has 3 rings (SSSR count). The Morgan fingerprint density at radius 3 is 2.55 bits per heavy atom. The molecule has 0 saturated heterocycles. The molecule has 1 aliphatic heterocycles. The number of dihydropyridines is 1. The van der Waals surface area contributed by atoms with Crippen molar-refractivity contribution in [2.45, 2.75) is 59.5 Å². The van der Waals surface area contributed by atoms with Crippen LogP contribution in [0.15, 0.2) is 46.8 Å². The van der Waals surface area contributed by atoms with Crippen LogP contribution in [0.25, 0.3) is 0 Å². The molecule has 4 atom stereocenters. The van der Waals surface area contributed by atoms with Crippen LogP contribution in [0.5, 0.6) is 5.75 Å². The minimum atomic E-state index is -0.928. The lowest BCUT2D eigenvalue weighted by Gasteiger charge is -2.38. The summed E-state index contributed by atoms with van der Waals surface area (Å²) < 4.78 is 16.5. The predicted octanol–water partition coefficient (Wildman–Crippen LogP) is 4.04. The lowest BCUT2D eigenvalue weighted by atomic mass is 9.69. The number of ether oxygens (including phenoxy) is 3. The smallest absolute Gasteiger partial charge is 0.337 e. The van der Waals surface area contributed by atoms with Gasteiger partial charge in [0.05, 0.1) is 31.3 Å². The summed E-state index contributed by atoms with van der Waals surface area (Å²) in [4.78, 5) is 39.6. The normalized spacial score (nSPS) is 23.5. The van der Waals surface area contributed by atoms with E-state index in [0.29, 0.717) is 47.6 Å². The second kappa shape index (κ2) is 10.2. The fraction of sp³-hybridized carbons (Fsp3) is 0.500. The van der Waals surface area contributed by atoms with Gasteiger partial charge in [0.25, 0.3) is 0 Å². The van der Waals surface area contributed by atoms with Crippen molar-refractivity contribution in [3.05, 3.63) is 52.4 Å². The molecule has 7 heteroatoms. The molecule has 0 bridgehead atoms. The van der Waals surface area contributed by atoms with E-state index in [2.05, 4.69) is 5.32 Å². The number of allylic oxidation sites excluding steroid dienone is 3. The van der Waals surface area contributed by atoms with Gasteiger partial charge in [-0.1, -0.05) is 32.0 Å². The highest BCUT2D eigenvalue weighted by molar-refractivity contribution is 6.12. The molecular formula is C26H33NO6. The van der Waals surface area contributed by atoms with Crippen LogP contribution in [-0.4, -0.2) is 37.5 Å². The van der Waals surface area contributed by atoms with E-state index in [1.165, 1.54) is 7.11 Å². The minimum Gasteiger partial charge on any atom is -0.494 e. The maximum atomic E-state index is 13.8. The summed E-state index contributed by atoms with van der Waals surface area (Å²) >= 11 is 0. The lowest BCUT2D eigenvalue weighted by molar-refractivity contribution is -0.151. The third-order valence-corrected chi connectivity index (χ3v) is 6.38. The number of hydrogen-bond donors (Lipinski definition) is 1. The van der Waals surface area contributed by atoms with E-state index in [9.17, 15) is 14.4 Å². The molecule has 0 fully saturated rings. The summed E-state index contributed by atoms with van der Waals surface area (Å²) in [5.74, 6) is -2.68. The van der Waals surface area contributed by atoms with Crippen molar-refractivity contribution in [2.24, 2.45) is 11.8 Å². The standard InChI is InChI=1S/C26H33NO6/c1-7-15(4)33-26(30)21-16(5)27-18-13-14(3)20(25(29)31-6)24(28)23(18)22(21)17-11-9-10-12-19(17)32-8-2/h9-12,14-15,20,22,27H,7-8,13H2,1-6H3/t14-,15+,20-,22-/m0/s1. The zero-order valence-electron chi connectivity index (χ0n) is 20.2. The van der Waals surface area contributed by atoms with Gasteiger partial charge in [0, 0.05) is 22.5 Å². The number of esters is 2. The van der Waals surface area contributed by atoms with Gasteiger partial charge in [0.1, 0.15) is 11.7 Å². The monoisotopic (exact) mass is 455 g/mol. The summed E-state index contributed by atoms with van der Waals surface area (Å²) in [5.41, 5.74) is 2.80. The maximum absolute atomic E-state index is 13.8. The van der Waals surface area contributed by atoms with Gasteiger partial charge in [-0.15, -0.1) is 0 Å². The van der Waals surface area contributed by atoms with Crippen molar-refractivity contribution in [2.75, 3.05) is 13.7 Å². The first kappa shape index (κ1) is 24.6. The molecule has 0 saturated carbocycles. The van der Waals surface area contributed by atoms with E-state index < -0.39 is 23.8 Å². The summed E-state index contributed by atoms with van der Waals surface area (Å²) in [6.45, 7) is 9.75. The maximum Gasteiger partial charge on any atom is 0.337 e. The zero-order chi connectivity index (χ0) is 24.3. The van der Waals surface area contributed by atoms with Gasteiger partial charge in [-0.25, -0.2) is 4.79 Å². The van der Waals surface area contributed by atoms with Crippen LogP contribution < -0.4 is 10.1 Å². The number of Topliss-reactive ketones (excluding diaryl/α,β-unsaturated/α-hetero) is 1. The van der Waals surface area contributed by atoms with Crippen LogP contribution in [0.2, 0.25) is 0 Å². The van der Waals surface area contributed by atoms with Crippen molar-refractivity contribution in [1.82, 2.24) is 5.32 Å². The van der Waals surface area contributed by atoms with Gasteiger partial charge in [-0.3, -0.25) is 9.59 Å². The molecule has 1 aromatic rings. The Hall–Kier alpha value is -3.09. The van der Waals surface area contributed by atoms with Gasteiger partial charge in [0.2, 0.25) is 0 Å². The molecule has 178 valence electrons. The highest BCUT2D eigenvalue weighted by atomic mass is 16.5. The van der Waals surface area contributed by atoms with Crippen molar-refractivity contribution in [1.29, 1.82) is 0 Å². The summed E-state index contributed by atoms with van der Waals surface area (Å²) in [7, 11) is 1.28. The molecular weight excluding hydrogens is 422 g/mol. The second-order valence-corrected chi connectivity index (χ2v) is 8.63. The molecule has 0 spiro atoms. The average Bonchev–Trinajstić information content (AvgIpc) is 2.78.